The molecule has 150 valence electrons. The summed E-state index contributed by atoms with van der Waals surface area (Å²) in [6.45, 7) is 2.32. The van der Waals surface area contributed by atoms with Crippen LogP contribution in [0.15, 0.2) is 66.7 Å². The Morgan fingerprint density at radius 2 is 1.90 bits per heavy atom. The summed E-state index contributed by atoms with van der Waals surface area (Å²) < 4.78 is 20.0. The molecule has 0 heterocycles. The summed E-state index contributed by atoms with van der Waals surface area (Å²) in [6.07, 6.45) is 0. The number of nitrogens with one attached hydrogen (secondary N) is 1. The summed E-state index contributed by atoms with van der Waals surface area (Å²) in [7, 11) is 0. The molecule has 0 saturated heterocycles. The van der Waals surface area contributed by atoms with Crippen molar-refractivity contribution in [1.82, 2.24) is 5.32 Å². The molecule has 3 aromatic carbocycles. The average molecular weight is 394 g/mol. The van der Waals surface area contributed by atoms with Gasteiger partial charge >= 0.3 is 0 Å². The van der Waals surface area contributed by atoms with Crippen molar-refractivity contribution in [2.45, 2.75) is 13.0 Å². The van der Waals surface area contributed by atoms with Crippen LogP contribution in [0.2, 0.25) is 0 Å². The van der Waals surface area contributed by atoms with E-state index >= 15 is 0 Å². The molecule has 3 rings (SSSR count). The molecular formula is C23H23FN2O3. The van der Waals surface area contributed by atoms with Crippen molar-refractivity contribution in [1.29, 1.82) is 0 Å². The van der Waals surface area contributed by atoms with Crippen LogP contribution < -0.4 is 15.8 Å². The van der Waals surface area contributed by atoms with Gasteiger partial charge in [0.2, 0.25) is 0 Å². The molecule has 4 N–H and O–H groups in total. The van der Waals surface area contributed by atoms with Crippen LogP contribution in [0.5, 0.6) is 11.5 Å². The third-order valence-corrected chi connectivity index (χ3v) is 4.51. The molecule has 0 aliphatic heterocycles. The van der Waals surface area contributed by atoms with Gasteiger partial charge in [0.1, 0.15) is 5.75 Å². The minimum absolute atomic E-state index is 0.0989. The number of carbonyl (C=O) groups excluding carboxylic acids is 1. The van der Waals surface area contributed by atoms with Gasteiger partial charge in [0.25, 0.3) is 5.91 Å². The van der Waals surface area contributed by atoms with E-state index in [-0.39, 0.29) is 24.0 Å². The van der Waals surface area contributed by atoms with Gasteiger partial charge in [-0.3, -0.25) is 4.79 Å². The summed E-state index contributed by atoms with van der Waals surface area (Å²) in [4.78, 5) is 12.8. The van der Waals surface area contributed by atoms with Crippen molar-refractivity contribution >= 4 is 5.91 Å². The lowest BCUT2D eigenvalue weighted by Gasteiger charge is -2.18. The van der Waals surface area contributed by atoms with E-state index in [0.29, 0.717) is 28.9 Å². The molecular weight excluding hydrogens is 371 g/mol. The average Bonchev–Trinajstić information content (AvgIpc) is 2.73. The van der Waals surface area contributed by atoms with Gasteiger partial charge in [0.05, 0.1) is 12.6 Å². The van der Waals surface area contributed by atoms with Gasteiger partial charge in [-0.05, 0) is 48.4 Å². The first-order valence-electron chi connectivity index (χ1n) is 9.35. The van der Waals surface area contributed by atoms with E-state index in [2.05, 4.69) is 5.32 Å². The van der Waals surface area contributed by atoms with Crippen LogP contribution in [0, 0.1) is 5.82 Å². The topological polar surface area (TPSA) is 84.6 Å². The number of benzene rings is 3. The van der Waals surface area contributed by atoms with E-state index in [4.69, 9.17) is 10.5 Å². The molecule has 6 heteroatoms. The maximum atomic E-state index is 14.7. The van der Waals surface area contributed by atoms with Crippen LogP contribution in [0.4, 0.5) is 4.39 Å². The van der Waals surface area contributed by atoms with Crippen molar-refractivity contribution in [3.63, 3.8) is 0 Å². The maximum Gasteiger partial charge on any atom is 0.251 e. The molecule has 0 bridgehead atoms. The van der Waals surface area contributed by atoms with Crippen molar-refractivity contribution in [2.24, 2.45) is 5.73 Å². The number of amides is 1. The van der Waals surface area contributed by atoms with Gasteiger partial charge in [-0.15, -0.1) is 0 Å². The Morgan fingerprint density at radius 1 is 1.14 bits per heavy atom. The normalized spacial score (nSPS) is 11.7. The highest BCUT2D eigenvalue weighted by Gasteiger charge is 2.17. The smallest absolute Gasteiger partial charge is 0.251 e. The molecule has 29 heavy (non-hydrogen) atoms. The Hall–Kier alpha value is -3.38. The number of hydrogen-bond acceptors (Lipinski definition) is 4. The van der Waals surface area contributed by atoms with Gasteiger partial charge in [-0.1, -0.05) is 36.4 Å². The largest absolute Gasteiger partial charge is 0.508 e. The fourth-order valence-corrected chi connectivity index (χ4v) is 3.09. The standard InChI is InChI=1S/C23H23FN2O3/c1-2-29-21-11-5-10-19(22(21)24)15-6-3-8-17(12-15)23(28)26-20(14-25)16-7-4-9-18(27)13-16/h3-13,20,27H,2,14,25H2,1H3,(H,26,28). The lowest BCUT2D eigenvalue weighted by Crippen LogP contribution is -2.33. The van der Waals surface area contributed by atoms with Gasteiger partial charge in [0, 0.05) is 17.7 Å². The molecule has 0 aliphatic rings. The second-order valence-electron chi connectivity index (χ2n) is 6.49. The summed E-state index contributed by atoms with van der Waals surface area (Å²) >= 11 is 0. The molecule has 0 saturated carbocycles. The quantitative estimate of drug-likeness (QED) is 0.565. The first-order chi connectivity index (χ1) is 14.0. The summed E-state index contributed by atoms with van der Waals surface area (Å²) in [5.41, 5.74) is 7.81. The van der Waals surface area contributed by atoms with Crippen LogP contribution in [0.25, 0.3) is 11.1 Å². The molecule has 1 unspecified atom stereocenters. The fourth-order valence-electron chi connectivity index (χ4n) is 3.09. The van der Waals surface area contributed by atoms with E-state index in [9.17, 15) is 14.3 Å². The summed E-state index contributed by atoms with van der Waals surface area (Å²) in [5.74, 6) is -0.535. The zero-order valence-electron chi connectivity index (χ0n) is 16.1. The van der Waals surface area contributed by atoms with Gasteiger partial charge in [0.15, 0.2) is 11.6 Å². The third-order valence-electron chi connectivity index (χ3n) is 4.51. The minimum Gasteiger partial charge on any atom is -0.508 e. The number of phenolic OH excluding ortho intramolecular Hbond substituents is 1. The van der Waals surface area contributed by atoms with Crippen molar-refractivity contribution in [2.75, 3.05) is 13.2 Å². The number of aromatic hydroxyl groups is 1. The third kappa shape index (κ3) is 4.73. The van der Waals surface area contributed by atoms with Gasteiger partial charge in [-0.2, -0.15) is 0 Å². The summed E-state index contributed by atoms with van der Waals surface area (Å²) in [5, 5.41) is 12.5. The second kappa shape index (κ2) is 9.21. The van der Waals surface area contributed by atoms with Crippen LogP contribution in [-0.4, -0.2) is 24.2 Å². The first kappa shape index (κ1) is 20.4. The van der Waals surface area contributed by atoms with Crippen molar-refractivity contribution in [3.05, 3.63) is 83.7 Å². The molecule has 0 fully saturated rings. The SMILES string of the molecule is CCOc1cccc(-c2cccc(C(=O)NC(CN)c3cccc(O)c3)c2)c1F. The highest BCUT2D eigenvalue weighted by molar-refractivity contribution is 5.95. The Labute approximate surface area is 168 Å². The molecule has 1 atom stereocenters. The van der Waals surface area contributed by atoms with Crippen LogP contribution in [0.3, 0.4) is 0 Å². The monoisotopic (exact) mass is 394 g/mol. The van der Waals surface area contributed by atoms with Crippen molar-refractivity contribution < 1.29 is 19.0 Å². The second-order valence-corrected chi connectivity index (χ2v) is 6.49. The van der Waals surface area contributed by atoms with E-state index in [1.807, 2.05) is 0 Å². The molecule has 0 spiro atoms. The molecule has 1 amide bonds. The number of halogens is 1. The molecule has 5 nitrogen and oxygen atoms in total. The minimum atomic E-state index is -0.466. The fraction of sp³-hybridized carbons (Fsp3) is 0.174. The van der Waals surface area contributed by atoms with Gasteiger partial charge in [-0.25, -0.2) is 4.39 Å². The van der Waals surface area contributed by atoms with Crippen LogP contribution in [0.1, 0.15) is 28.9 Å². The van der Waals surface area contributed by atoms with Gasteiger partial charge < -0.3 is 20.9 Å². The predicted molar refractivity (Wildman–Crippen MR) is 110 cm³/mol. The highest BCUT2D eigenvalue weighted by Crippen LogP contribution is 2.29. The number of ether oxygens (including phenoxy) is 1. The molecule has 0 radical (unpaired) electrons. The Bertz CT molecular complexity index is 1010. The van der Waals surface area contributed by atoms with E-state index in [1.54, 1.807) is 73.7 Å². The number of phenols is 1. The van der Waals surface area contributed by atoms with Crippen molar-refractivity contribution in [3.8, 4) is 22.6 Å². The Balaban J connectivity index is 1.85. The first-order valence-corrected chi connectivity index (χ1v) is 9.35. The number of rotatable bonds is 7. The zero-order chi connectivity index (χ0) is 20.8. The van der Waals surface area contributed by atoms with E-state index in [1.165, 1.54) is 0 Å². The van der Waals surface area contributed by atoms with Crippen LogP contribution in [-0.2, 0) is 0 Å². The predicted octanol–water partition coefficient (Wildman–Crippen LogP) is 4.03. The van der Waals surface area contributed by atoms with Crippen LogP contribution >= 0.6 is 0 Å². The maximum absolute atomic E-state index is 14.7. The zero-order valence-corrected chi connectivity index (χ0v) is 16.1. The lowest BCUT2D eigenvalue weighted by molar-refractivity contribution is 0.0937. The number of carbonyl (C=O) groups is 1. The molecule has 0 aliphatic carbocycles. The van der Waals surface area contributed by atoms with E-state index < -0.39 is 11.9 Å². The van der Waals surface area contributed by atoms with E-state index in [0.717, 1.165) is 0 Å². The lowest BCUT2D eigenvalue weighted by atomic mass is 10.0. The summed E-state index contributed by atoms with van der Waals surface area (Å²) in [6, 6.07) is 17.7. The Morgan fingerprint density at radius 3 is 2.62 bits per heavy atom. The number of nitrogens with two attached hydrogens (primary N) is 1. The molecule has 0 aromatic heterocycles. The highest BCUT2D eigenvalue weighted by atomic mass is 19.1. The Kier molecular flexibility index (Phi) is 6.46. The number of hydrogen-bond donors (Lipinski definition) is 3. The molecule has 3 aromatic rings.